The monoisotopic (exact) mass is 474 g/mol. The van der Waals surface area contributed by atoms with Crippen molar-refractivity contribution < 1.29 is 23.2 Å². The molecule has 0 saturated carbocycles. The van der Waals surface area contributed by atoms with Crippen molar-refractivity contribution >= 4 is 15.9 Å². The second-order valence-corrected chi connectivity index (χ2v) is 8.75. The lowest BCUT2D eigenvalue weighted by molar-refractivity contribution is -0.129. The molecule has 33 heavy (non-hydrogen) atoms. The maximum atomic E-state index is 12.8. The van der Waals surface area contributed by atoms with Crippen molar-refractivity contribution in [2.45, 2.75) is 30.3 Å². The molecule has 1 aromatic heterocycles. The molecule has 4 N–H and O–H groups in total. The molecule has 1 unspecified atom stereocenters. The molecule has 174 valence electrons. The first-order valence-electron chi connectivity index (χ1n) is 9.85. The van der Waals surface area contributed by atoms with Gasteiger partial charge in [-0.3, -0.25) is 19.8 Å². The number of benzene rings is 2. The van der Waals surface area contributed by atoms with Crippen LogP contribution in [0.4, 0.5) is 0 Å². The number of hydrogen-bond acceptors (Lipinski definition) is 7. The number of hydroxylamine groups is 1. The number of carbonyl (C=O) groups excluding carboxylic acids is 1. The lowest BCUT2D eigenvalue weighted by Gasteiger charge is -2.18. The Hall–Kier alpha value is -3.74. The molecule has 0 aliphatic rings. The summed E-state index contributed by atoms with van der Waals surface area (Å²) in [5.41, 5.74) is 0.238. The first-order valence-corrected chi connectivity index (χ1v) is 11.3. The van der Waals surface area contributed by atoms with Crippen LogP contribution in [-0.2, 0) is 21.4 Å². The summed E-state index contributed by atoms with van der Waals surface area (Å²) in [6, 6.07) is 14.9. The molecule has 0 aliphatic heterocycles. The number of amides is 1. The zero-order valence-electron chi connectivity index (χ0n) is 17.3. The topological polar surface area (TPSA) is 160 Å². The van der Waals surface area contributed by atoms with Gasteiger partial charge in [0.05, 0.1) is 4.90 Å². The lowest BCUT2D eigenvalue weighted by Crippen LogP contribution is -2.40. The number of hydrogen-bond donors (Lipinski definition) is 4. The predicted octanol–water partition coefficient (Wildman–Crippen LogP) is 0.962. The van der Waals surface area contributed by atoms with Crippen LogP contribution in [0.2, 0.25) is 0 Å². The fourth-order valence-electron chi connectivity index (χ4n) is 2.99. The first kappa shape index (κ1) is 23.9. The summed E-state index contributed by atoms with van der Waals surface area (Å²) in [6.07, 6.45) is 0.932. The molecule has 0 radical (unpaired) electrons. The van der Waals surface area contributed by atoms with E-state index in [0.717, 1.165) is 6.07 Å². The molecule has 1 atom stereocenters. The summed E-state index contributed by atoms with van der Waals surface area (Å²) >= 11 is 0. The molecule has 11 nitrogen and oxygen atoms in total. The molecule has 0 fully saturated rings. The average Bonchev–Trinajstić information content (AvgIpc) is 2.79. The van der Waals surface area contributed by atoms with Crippen LogP contribution in [-0.4, -0.2) is 35.1 Å². The quantitative estimate of drug-likeness (QED) is 0.251. The number of nitrogens with zero attached hydrogens (tertiary/aromatic N) is 1. The maximum Gasteiger partial charge on any atom is 0.328 e. The van der Waals surface area contributed by atoms with Crippen LogP contribution < -0.4 is 26.2 Å². The molecule has 3 rings (SSSR count). The van der Waals surface area contributed by atoms with Crippen LogP contribution >= 0.6 is 0 Å². The molecule has 12 heteroatoms. The Morgan fingerprint density at radius 3 is 2.33 bits per heavy atom. The highest BCUT2D eigenvalue weighted by atomic mass is 32.2. The molecule has 1 amide bonds. The van der Waals surface area contributed by atoms with Gasteiger partial charge in [-0.25, -0.2) is 23.4 Å². The third kappa shape index (κ3) is 6.87. The minimum absolute atomic E-state index is 0.0192. The number of ether oxygens (including phenoxy) is 1. The standard InChI is InChI=1S/C21H22N4O7S/c26-19-11-13-25(21(28)22-19)12-10-15(14-20(27)23-29)24-33(30,31)18-8-6-17(7-9-18)32-16-4-2-1-3-5-16/h1-9,11,13,15,24,29H,10,12,14H2,(H,23,27)(H,22,26,28). The number of para-hydroxylation sites is 1. The van der Waals surface area contributed by atoms with Crippen LogP contribution in [0.15, 0.2) is 81.3 Å². The molecule has 0 spiro atoms. The number of sulfonamides is 1. The third-order valence-electron chi connectivity index (χ3n) is 4.61. The highest BCUT2D eigenvalue weighted by Gasteiger charge is 2.22. The summed E-state index contributed by atoms with van der Waals surface area (Å²) in [7, 11) is -4.04. The van der Waals surface area contributed by atoms with E-state index in [-0.39, 0.29) is 24.3 Å². The van der Waals surface area contributed by atoms with Gasteiger partial charge in [-0.15, -0.1) is 0 Å². The number of rotatable bonds is 10. The molecule has 0 bridgehead atoms. The zero-order valence-corrected chi connectivity index (χ0v) is 18.1. The number of aromatic nitrogens is 2. The van der Waals surface area contributed by atoms with Gasteiger partial charge in [-0.1, -0.05) is 18.2 Å². The Labute approximate surface area is 188 Å². The average molecular weight is 474 g/mol. The minimum Gasteiger partial charge on any atom is -0.457 e. The largest absolute Gasteiger partial charge is 0.457 e. The number of aryl methyl sites for hydroxylation is 1. The minimum atomic E-state index is -4.04. The highest BCUT2D eigenvalue weighted by molar-refractivity contribution is 7.89. The summed E-state index contributed by atoms with van der Waals surface area (Å²) in [4.78, 5) is 36.7. The van der Waals surface area contributed by atoms with Gasteiger partial charge in [-0.05, 0) is 42.8 Å². The van der Waals surface area contributed by atoms with Crippen molar-refractivity contribution in [1.29, 1.82) is 0 Å². The number of aromatic amines is 1. The molecular weight excluding hydrogens is 452 g/mol. The van der Waals surface area contributed by atoms with Gasteiger partial charge >= 0.3 is 5.69 Å². The van der Waals surface area contributed by atoms with E-state index in [1.165, 1.54) is 40.5 Å². The summed E-state index contributed by atoms with van der Waals surface area (Å²) in [5, 5.41) is 8.82. The molecule has 0 saturated heterocycles. The van der Waals surface area contributed by atoms with Crippen molar-refractivity contribution in [2.24, 2.45) is 0 Å². The van der Waals surface area contributed by atoms with Gasteiger partial charge in [0, 0.05) is 31.3 Å². The Morgan fingerprint density at radius 1 is 1.03 bits per heavy atom. The smallest absolute Gasteiger partial charge is 0.328 e. The SMILES string of the molecule is O=C(CC(CCn1ccc(=O)[nH]c1=O)NS(=O)(=O)c1ccc(Oc2ccccc2)cc1)NO. The molecule has 1 heterocycles. The van der Waals surface area contributed by atoms with Gasteiger partial charge in [0.15, 0.2) is 0 Å². The van der Waals surface area contributed by atoms with Crippen LogP contribution in [0.25, 0.3) is 0 Å². The number of carbonyl (C=O) groups is 1. The van der Waals surface area contributed by atoms with Crippen molar-refractivity contribution in [3.63, 3.8) is 0 Å². The van der Waals surface area contributed by atoms with Crippen LogP contribution in [0, 0.1) is 0 Å². The fraction of sp³-hybridized carbons (Fsp3) is 0.190. The first-order chi connectivity index (χ1) is 15.8. The van der Waals surface area contributed by atoms with E-state index < -0.39 is 33.2 Å². The Kier molecular flexibility index (Phi) is 7.77. The van der Waals surface area contributed by atoms with E-state index in [9.17, 15) is 22.8 Å². The Morgan fingerprint density at radius 2 is 1.70 bits per heavy atom. The van der Waals surface area contributed by atoms with Gasteiger partial charge < -0.3 is 9.30 Å². The van der Waals surface area contributed by atoms with Gasteiger partial charge in [0.2, 0.25) is 15.9 Å². The van der Waals surface area contributed by atoms with Gasteiger partial charge in [-0.2, -0.15) is 0 Å². The van der Waals surface area contributed by atoms with E-state index in [1.807, 2.05) is 18.2 Å². The molecule has 3 aromatic rings. The third-order valence-corrected chi connectivity index (χ3v) is 6.14. The van der Waals surface area contributed by atoms with E-state index in [4.69, 9.17) is 9.94 Å². The van der Waals surface area contributed by atoms with E-state index in [1.54, 1.807) is 12.1 Å². The fourth-order valence-corrected chi connectivity index (χ4v) is 4.26. The van der Waals surface area contributed by atoms with Gasteiger partial charge in [0.1, 0.15) is 11.5 Å². The highest BCUT2D eigenvalue weighted by Crippen LogP contribution is 2.22. The lowest BCUT2D eigenvalue weighted by atomic mass is 10.1. The van der Waals surface area contributed by atoms with Crippen LogP contribution in [0.1, 0.15) is 12.8 Å². The number of nitrogens with one attached hydrogen (secondary N) is 3. The van der Waals surface area contributed by atoms with E-state index in [2.05, 4.69) is 9.71 Å². The van der Waals surface area contributed by atoms with E-state index >= 15 is 0 Å². The van der Waals surface area contributed by atoms with Crippen LogP contribution in [0.5, 0.6) is 11.5 Å². The normalized spacial score (nSPS) is 12.2. The molecular formula is C21H22N4O7S. The van der Waals surface area contributed by atoms with Crippen molar-refractivity contribution in [2.75, 3.05) is 0 Å². The second kappa shape index (κ2) is 10.7. The van der Waals surface area contributed by atoms with Crippen molar-refractivity contribution in [1.82, 2.24) is 19.8 Å². The van der Waals surface area contributed by atoms with Crippen LogP contribution in [0.3, 0.4) is 0 Å². The predicted molar refractivity (Wildman–Crippen MR) is 118 cm³/mol. The Bertz CT molecular complexity index is 1300. The summed E-state index contributed by atoms with van der Waals surface area (Å²) in [6.45, 7) is 0.0192. The summed E-state index contributed by atoms with van der Waals surface area (Å²) < 4.78 is 34.9. The van der Waals surface area contributed by atoms with E-state index in [0.29, 0.717) is 11.5 Å². The Balaban J connectivity index is 1.72. The second-order valence-electron chi connectivity index (χ2n) is 7.04. The molecule has 2 aromatic carbocycles. The molecule has 0 aliphatic carbocycles. The van der Waals surface area contributed by atoms with Gasteiger partial charge in [0.25, 0.3) is 5.56 Å². The maximum absolute atomic E-state index is 12.8. The summed E-state index contributed by atoms with van der Waals surface area (Å²) in [5.74, 6) is 0.232. The van der Waals surface area contributed by atoms with Crippen molar-refractivity contribution in [3.05, 3.63) is 87.7 Å². The zero-order chi connectivity index (χ0) is 23.8. The van der Waals surface area contributed by atoms with Crippen molar-refractivity contribution in [3.8, 4) is 11.5 Å². The number of H-pyrrole nitrogens is 1.